The number of hydrogen-bond donors (Lipinski definition) is 0. The van der Waals surface area contributed by atoms with Gasteiger partial charge in [-0.3, -0.25) is 0 Å². The molecule has 0 aliphatic heterocycles. The van der Waals surface area contributed by atoms with Crippen molar-refractivity contribution in [1.29, 1.82) is 0 Å². The van der Waals surface area contributed by atoms with Crippen molar-refractivity contribution in [3.8, 4) is 61.3 Å². The highest BCUT2D eigenvalue weighted by atomic mass is 16.3. The molecule has 13 aromatic rings. The van der Waals surface area contributed by atoms with Gasteiger partial charge >= 0.3 is 0 Å². The predicted molar refractivity (Wildman–Crippen MR) is 290 cm³/mol. The minimum absolute atomic E-state index is 0.890. The standard InChI is InChI=1S/C66H44N2O/c1-3-18-46(19-4-1)52-22-7-8-23-54(52)55-24-9-10-25-56(55)57-26-11-14-30-61(57)67(50-39-34-45(35-40-50)48-38-43-59-58-27-13-16-33-64(58)69-65(59)44-48)51-41-36-47(37-42-51)53-29-17-32-63-66(53)60-28-12-15-31-62(60)68(63)49-20-5-2-6-21-49/h1-44H. The Bertz CT molecular complexity index is 4000. The number of anilines is 3. The van der Waals surface area contributed by atoms with Gasteiger partial charge < -0.3 is 13.9 Å². The summed E-state index contributed by atoms with van der Waals surface area (Å²) in [7, 11) is 0. The van der Waals surface area contributed by atoms with E-state index in [-0.39, 0.29) is 0 Å². The summed E-state index contributed by atoms with van der Waals surface area (Å²) in [6.45, 7) is 0. The Kier molecular flexibility index (Phi) is 9.84. The highest BCUT2D eigenvalue weighted by Crippen LogP contribution is 2.47. The molecule has 0 unspecified atom stereocenters. The van der Waals surface area contributed by atoms with E-state index in [1.54, 1.807) is 0 Å². The molecular formula is C66H44N2O. The van der Waals surface area contributed by atoms with E-state index in [0.29, 0.717) is 0 Å². The van der Waals surface area contributed by atoms with E-state index in [4.69, 9.17) is 4.42 Å². The topological polar surface area (TPSA) is 21.3 Å². The van der Waals surface area contributed by atoms with Gasteiger partial charge in [0.15, 0.2) is 0 Å². The lowest BCUT2D eigenvalue weighted by molar-refractivity contribution is 0.669. The molecule has 0 amide bonds. The Balaban J connectivity index is 0.958. The molecule has 2 heterocycles. The van der Waals surface area contributed by atoms with E-state index in [0.717, 1.165) is 72.5 Å². The lowest BCUT2D eigenvalue weighted by atomic mass is 9.88. The van der Waals surface area contributed by atoms with Crippen LogP contribution in [0.4, 0.5) is 17.1 Å². The quantitative estimate of drug-likeness (QED) is 0.144. The molecule has 2 aromatic heterocycles. The smallest absolute Gasteiger partial charge is 0.136 e. The van der Waals surface area contributed by atoms with Gasteiger partial charge in [-0.15, -0.1) is 0 Å². The molecule has 13 rings (SSSR count). The Morgan fingerprint density at radius 3 is 1.52 bits per heavy atom. The molecule has 0 saturated heterocycles. The van der Waals surface area contributed by atoms with Crippen LogP contribution in [-0.2, 0) is 0 Å². The Labute approximate surface area is 401 Å². The lowest BCUT2D eigenvalue weighted by Crippen LogP contribution is -2.11. The van der Waals surface area contributed by atoms with E-state index < -0.39 is 0 Å². The molecule has 0 aliphatic rings. The molecule has 0 atom stereocenters. The minimum atomic E-state index is 0.890. The van der Waals surface area contributed by atoms with Gasteiger partial charge in [-0.2, -0.15) is 0 Å². The van der Waals surface area contributed by atoms with Gasteiger partial charge in [0.05, 0.1) is 16.7 Å². The second-order valence-corrected chi connectivity index (χ2v) is 17.6. The molecule has 0 bridgehead atoms. The fraction of sp³-hybridized carbons (Fsp3) is 0. The van der Waals surface area contributed by atoms with Crippen LogP contribution >= 0.6 is 0 Å². The van der Waals surface area contributed by atoms with Crippen molar-refractivity contribution in [2.24, 2.45) is 0 Å². The molecule has 324 valence electrons. The first kappa shape index (κ1) is 40.1. The van der Waals surface area contributed by atoms with Crippen molar-refractivity contribution in [3.63, 3.8) is 0 Å². The minimum Gasteiger partial charge on any atom is -0.456 e. The largest absolute Gasteiger partial charge is 0.456 e. The number of rotatable bonds is 9. The molecule has 69 heavy (non-hydrogen) atoms. The van der Waals surface area contributed by atoms with Crippen LogP contribution in [0.2, 0.25) is 0 Å². The summed E-state index contributed by atoms with van der Waals surface area (Å²) in [5.74, 6) is 0. The van der Waals surface area contributed by atoms with E-state index in [2.05, 4.69) is 264 Å². The molecule has 0 radical (unpaired) electrons. The summed E-state index contributed by atoms with van der Waals surface area (Å²) in [5, 5.41) is 4.74. The van der Waals surface area contributed by atoms with Gasteiger partial charge in [0.2, 0.25) is 0 Å². The Morgan fingerprint density at radius 1 is 0.290 bits per heavy atom. The molecule has 0 N–H and O–H groups in total. The van der Waals surface area contributed by atoms with Crippen molar-refractivity contribution in [2.75, 3.05) is 4.90 Å². The second kappa shape index (κ2) is 16.9. The number of para-hydroxylation sites is 4. The highest BCUT2D eigenvalue weighted by Gasteiger charge is 2.22. The molecule has 0 spiro atoms. The molecule has 11 aromatic carbocycles. The number of hydrogen-bond acceptors (Lipinski definition) is 2. The molecule has 0 fully saturated rings. The molecule has 3 nitrogen and oxygen atoms in total. The van der Waals surface area contributed by atoms with Crippen molar-refractivity contribution >= 4 is 60.8 Å². The first-order valence-electron chi connectivity index (χ1n) is 23.6. The van der Waals surface area contributed by atoms with Gasteiger partial charge in [-0.05, 0) is 123 Å². The maximum absolute atomic E-state index is 6.32. The van der Waals surface area contributed by atoms with Crippen LogP contribution in [-0.4, -0.2) is 4.57 Å². The van der Waals surface area contributed by atoms with Gasteiger partial charge in [0.25, 0.3) is 0 Å². The number of nitrogens with zero attached hydrogens (tertiary/aromatic N) is 2. The summed E-state index contributed by atoms with van der Waals surface area (Å²) in [5.41, 5.74) is 20.2. The van der Waals surface area contributed by atoms with Gasteiger partial charge in [0.1, 0.15) is 11.2 Å². The van der Waals surface area contributed by atoms with Crippen molar-refractivity contribution < 1.29 is 4.42 Å². The predicted octanol–water partition coefficient (Wildman–Crippen LogP) is 18.5. The number of fused-ring (bicyclic) bond motifs is 6. The van der Waals surface area contributed by atoms with Gasteiger partial charge in [0, 0.05) is 44.2 Å². The molecule has 0 saturated carbocycles. The fourth-order valence-corrected chi connectivity index (χ4v) is 10.5. The molecule has 3 heteroatoms. The third kappa shape index (κ3) is 6.99. The maximum atomic E-state index is 6.32. The summed E-state index contributed by atoms with van der Waals surface area (Å²) in [4.78, 5) is 2.41. The molecular weight excluding hydrogens is 837 g/mol. The third-order valence-corrected chi connectivity index (χ3v) is 13.7. The monoisotopic (exact) mass is 880 g/mol. The third-order valence-electron chi connectivity index (χ3n) is 13.7. The Hall–Kier alpha value is -9.18. The van der Waals surface area contributed by atoms with E-state index in [1.165, 1.54) is 49.6 Å². The maximum Gasteiger partial charge on any atom is 0.136 e. The van der Waals surface area contributed by atoms with E-state index in [1.807, 2.05) is 12.1 Å². The second-order valence-electron chi connectivity index (χ2n) is 17.6. The van der Waals surface area contributed by atoms with Crippen LogP contribution in [0, 0.1) is 0 Å². The zero-order chi connectivity index (χ0) is 45.7. The van der Waals surface area contributed by atoms with Crippen LogP contribution in [0.5, 0.6) is 0 Å². The van der Waals surface area contributed by atoms with E-state index in [9.17, 15) is 0 Å². The first-order valence-corrected chi connectivity index (χ1v) is 23.6. The summed E-state index contributed by atoms with van der Waals surface area (Å²) in [6.07, 6.45) is 0. The van der Waals surface area contributed by atoms with Crippen LogP contribution in [0.1, 0.15) is 0 Å². The van der Waals surface area contributed by atoms with E-state index >= 15 is 0 Å². The molecule has 0 aliphatic carbocycles. The zero-order valence-electron chi connectivity index (χ0n) is 37.7. The van der Waals surface area contributed by atoms with Crippen molar-refractivity contribution in [2.45, 2.75) is 0 Å². The SMILES string of the molecule is c1ccc(-c2ccccc2-c2ccccc2-c2ccccc2N(c2ccc(-c3ccc4c(c3)oc3ccccc34)cc2)c2ccc(-c3cccc4c3c3ccccc3n4-c3ccccc3)cc2)cc1. The highest BCUT2D eigenvalue weighted by molar-refractivity contribution is 6.16. The van der Waals surface area contributed by atoms with Crippen molar-refractivity contribution in [1.82, 2.24) is 4.57 Å². The lowest BCUT2D eigenvalue weighted by Gasteiger charge is -2.29. The normalized spacial score (nSPS) is 11.5. The van der Waals surface area contributed by atoms with Crippen LogP contribution in [0.3, 0.4) is 0 Å². The average Bonchev–Trinajstić information content (AvgIpc) is 3.98. The average molecular weight is 881 g/mol. The van der Waals surface area contributed by atoms with Gasteiger partial charge in [-0.25, -0.2) is 0 Å². The van der Waals surface area contributed by atoms with Crippen LogP contribution < -0.4 is 4.90 Å². The van der Waals surface area contributed by atoms with Gasteiger partial charge in [-0.1, -0.05) is 194 Å². The Morgan fingerprint density at radius 2 is 0.783 bits per heavy atom. The number of furan rings is 1. The fourth-order valence-electron chi connectivity index (χ4n) is 10.5. The summed E-state index contributed by atoms with van der Waals surface area (Å²) < 4.78 is 8.70. The number of benzene rings is 11. The van der Waals surface area contributed by atoms with Crippen LogP contribution in [0.25, 0.3) is 105 Å². The first-order chi connectivity index (χ1) is 34.2. The zero-order valence-corrected chi connectivity index (χ0v) is 37.7. The summed E-state index contributed by atoms with van der Waals surface area (Å²) in [6, 6.07) is 96.1. The van der Waals surface area contributed by atoms with Crippen molar-refractivity contribution in [3.05, 3.63) is 267 Å². The summed E-state index contributed by atoms with van der Waals surface area (Å²) >= 11 is 0. The van der Waals surface area contributed by atoms with Crippen LogP contribution in [0.15, 0.2) is 271 Å². The number of aromatic nitrogens is 1.